The van der Waals surface area contributed by atoms with Crippen LogP contribution in [0.15, 0.2) is 0 Å². The maximum absolute atomic E-state index is 9.14. The van der Waals surface area contributed by atoms with E-state index in [1.54, 1.807) is 0 Å². The summed E-state index contributed by atoms with van der Waals surface area (Å²) in [6.45, 7) is 9.57. The van der Waals surface area contributed by atoms with Crippen LogP contribution in [0.1, 0.15) is 47.0 Å². The molecule has 3 unspecified atom stereocenters. The summed E-state index contributed by atoms with van der Waals surface area (Å²) < 4.78 is 0. The molecule has 1 heterocycles. The highest BCUT2D eigenvalue weighted by molar-refractivity contribution is 4.96. The minimum Gasteiger partial charge on any atom is -0.299 e. The molecule has 1 fully saturated rings. The first-order valence-corrected chi connectivity index (χ1v) is 6.49. The second-order valence-electron chi connectivity index (χ2n) is 5.19. The van der Waals surface area contributed by atoms with Crippen molar-refractivity contribution >= 4 is 0 Å². The number of rotatable bonds is 5. The molecule has 1 aliphatic heterocycles. The lowest BCUT2D eigenvalue weighted by Gasteiger charge is -2.30. The van der Waals surface area contributed by atoms with E-state index >= 15 is 0 Å². The fourth-order valence-corrected chi connectivity index (χ4v) is 2.64. The number of nitriles is 1. The molecule has 1 rings (SSSR count). The van der Waals surface area contributed by atoms with Gasteiger partial charge in [0, 0.05) is 24.7 Å². The summed E-state index contributed by atoms with van der Waals surface area (Å²) in [4.78, 5) is 2.50. The van der Waals surface area contributed by atoms with Gasteiger partial charge in [-0.05, 0) is 40.0 Å². The van der Waals surface area contributed by atoms with Gasteiger partial charge in [-0.2, -0.15) is 5.26 Å². The van der Waals surface area contributed by atoms with Crippen LogP contribution in [0.2, 0.25) is 0 Å². The molecular formula is C13H25N3. The van der Waals surface area contributed by atoms with E-state index < -0.39 is 0 Å². The van der Waals surface area contributed by atoms with E-state index in [1.165, 1.54) is 19.3 Å². The fourth-order valence-electron chi connectivity index (χ4n) is 2.64. The van der Waals surface area contributed by atoms with Crippen LogP contribution >= 0.6 is 0 Å². The Bertz CT molecular complexity index is 244. The van der Waals surface area contributed by atoms with Gasteiger partial charge in [0.25, 0.3) is 0 Å². The van der Waals surface area contributed by atoms with Crippen molar-refractivity contribution < 1.29 is 0 Å². The van der Waals surface area contributed by atoms with Crippen LogP contribution in [-0.4, -0.2) is 35.6 Å². The van der Waals surface area contributed by atoms with Gasteiger partial charge in [0.2, 0.25) is 0 Å². The number of nitrogens with zero attached hydrogens (tertiary/aromatic N) is 2. The predicted octanol–water partition coefficient (Wildman–Crippen LogP) is 2.14. The molecule has 0 aromatic heterocycles. The van der Waals surface area contributed by atoms with Gasteiger partial charge >= 0.3 is 0 Å². The molecule has 0 amide bonds. The van der Waals surface area contributed by atoms with Crippen LogP contribution < -0.4 is 5.32 Å². The fraction of sp³-hybridized carbons (Fsp3) is 0.923. The Morgan fingerprint density at radius 3 is 2.62 bits per heavy atom. The summed E-state index contributed by atoms with van der Waals surface area (Å²) in [6, 6.07) is 4.03. The van der Waals surface area contributed by atoms with Crippen molar-refractivity contribution in [1.82, 2.24) is 10.2 Å². The zero-order valence-electron chi connectivity index (χ0n) is 11.0. The Morgan fingerprint density at radius 1 is 1.44 bits per heavy atom. The standard InChI is InChI=1S/C13H25N3/c1-5-13-7-6-11(4)16(13)9-12(8-14)15-10(2)3/h10-13,15H,5-7,9H2,1-4H3. The topological polar surface area (TPSA) is 39.1 Å². The minimum absolute atomic E-state index is 0.0328. The zero-order chi connectivity index (χ0) is 12.1. The van der Waals surface area contributed by atoms with Gasteiger partial charge in [-0.3, -0.25) is 10.2 Å². The van der Waals surface area contributed by atoms with Crippen molar-refractivity contribution in [2.24, 2.45) is 0 Å². The monoisotopic (exact) mass is 223 g/mol. The lowest BCUT2D eigenvalue weighted by molar-refractivity contribution is 0.185. The lowest BCUT2D eigenvalue weighted by atomic mass is 10.1. The first kappa shape index (κ1) is 13.5. The maximum Gasteiger partial charge on any atom is 0.108 e. The second-order valence-corrected chi connectivity index (χ2v) is 5.19. The highest BCUT2D eigenvalue weighted by atomic mass is 15.2. The molecule has 16 heavy (non-hydrogen) atoms. The normalized spacial score (nSPS) is 28.2. The zero-order valence-corrected chi connectivity index (χ0v) is 11.0. The van der Waals surface area contributed by atoms with Crippen LogP contribution in [0.5, 0.6) is 0 Å². The summed E-state index contributed by atoms with van der Waals surface area (Å²) in [5, 5.41) is 12.5. The van der Waals surface area contributed by atoms with Crippen molar-refractivity contribution in [3.63, 3.8) is 0 Å². The first-order chi connectivity index (χ1) is 7.58. The molecule has 0 radical (unpaired) electrons. The molecule has 92 valence electrons. The van der Waals surface area contributed by atoms with Gasteiger partial charge in [0.05, 0.1) is 6.07 Å². The van der Waals surface area contributed by atoms with Crippen molar-refractivity contribution in [3.8, 4) is 6.07 Å². The van der Waals surface area contributed by atoms with Crippen LogP contribution in [0, 0.1) is 11.3 Å². The Morgan fingerprint density at radius 2 is 2.12 bits per heavy atom. The highest BCUT2D eigenvalue weighted by Gasteiger charge is 2.30. The molecule has 3 nitrogen and oxygen atoms in total. The van der Waals surface area contributed by atoms with E-state index in [2.05, 4.69) is 44.0 Å². The maximum atomic E-state index is 9.14. The van der Waals surface area contributed by atoms with Crippen molar-refractivity contribution in [2.75, 3.05) is 6.54 Å². The third kappa shape index (κ3) is 3.47. The lowest BCUT2D eigenvalue weighted by Crippen LogP contribution is -2.46. The number of nitrogens with one attached hydrogen (secondary N) is 1. The van der Waals surface area contributed by atoms with Gasteiger partial charge in [-0.1, -0.05) is 6.92 Å². The van der Waals surface area contributed by atoms with E-state index in [4.69, 9.17) is 5.26 Å². The Hall–Kier alpha value is -0.590. The molecule has 1 saturated heterocycles. The summed E-state index contributed by atoms with van der Waals surface area (Å²) in [5.41, 5.74) is 0. The van der Waals surface area contributed by atoms with Crippen LogP contribution in [0.3, 0.4) is 0 Å². The largest absolute Gasteiger partial charge is 0.299 e. The van der Waals surface area contributed by atoms with Crippen molar-refractivity contribution in [3.05, 3.63) is 0 Å². The molecule has 0 saturated carbocycles. The summed E-state index contributed by atoms with van der Waals surface area (Å²) >= 11 is 0. The predicted molar refractivity (Wildman–Crippen MR) is 67.2 cm³/mol. The molecule has 0 bridgehead atoms. The molecule has 0 aromatic carbocycles. The first-order valence-electron chi connectivity index (χ1n) is 6.49. The van der Waals surface area contributed by atoms with E-state index in [-0.39, 0.29) is 6.04 Å². The van der Waals surface area contributed by atoms with Gasteiger partial charge in [-0.25, -0.2) is 0 Å². The highest BCUT2D eigenvalue weighted by Crippen LogP contribution is 2.25. The SMILES string of the molecule is CCC1CCC(C)N1CC(C#N)NC(C)C. The van der Waals surface area contributed by atoms with Gasteiger partial charge in [0.1, 0.15) is 6.04 Å². The Labute approximate surface area is 99.8 Å². The smallest absolute Gasteiger partial charge is 0.108 e. The van der Waals surface area contributed by atoms with Gasteiger partial charge < -0.3 is 0 Å². The van der Waals surface area contributed by atoms with E-state index in [0.29, 0.717) is 18.1 Å². The summed E-state index contributed by atoms with van der Waals surface area (Å²) in [5.74, 6) is 0. The van der Waals surface area contributed by atoms with Crippen LogP contribution in [-0.2, 0) is 0 Å². The van der Waals surface area contributed by atoms with E-state index in [9.17, 15) is 0 Å². The number of hydrogen-bond donors (Lipinski definition) is 1. The van der Waals surface area contributed by atoms with E-state index in [1.807, 2.05) is 0 Å². The van der Waals surface area contributed by atoms with Gasteiger partial charge in [-0.15, -0.1) is 0 Å². The van der Waals surface area contributed by atoms with Crippen LogP contribution in [0.25, 0.3) is 0 Å². The molecule has 1 aliphatic rings. The van der Waals surface area contributed by atoms with Crippen LogP contribution in [0.4, 0.5) is 0 Å². The molecule has 0 aliphatic carbocycles. The molecule has 0 spiro atoms. The third-order valence-electron chi connectivity index (χ3n) is 3.51. The Kier molecular flexibility index (Phi) is 5.24. The van der Waals surface area contributed by atoms with E-state index in [0.717, 1.165) is 6.54 Å². The second kappa shape index (κ2) is 6.22. The quantitative estimate of drug-likeness (QED) is 0.776. The van der Waals surface area contributed by atoms with Gasteiger partial charge in [0.15, 0.2) is 0 Å². The molecular weight excluding hydrogens is 198 g/mol. The molecule has 0 aromatic rings. The number of hydrogen-bond acceptors (Lipinski definition) is 3. The summed E-state index contributed by atoms with van der Waals surface area (Å²) in [7, 11) is 0. The summed E-state index contributed by atoms with van der Waals surface area (Å²) in [6.07, 6.45) is 3.76. The average Bonchev–Trinajstić information content (AvgIpc) is 2.58. The minimum atomic E-state index is -0.0328. The Balaban J connectivity index is 2.53. The average molecular weight is 223 g/mol. The van der Waals surface area contributed by atoms with Crippen molar-refractivity contribution in [1.29, 1.82) is 5.26 Å². The van der Waals surface area contributed by atoms with Crippen molar-refractivity contribution in [2.45, 2.75) is 71.1 Å². The molecule has 3 atom stereocenters. The third-order valence-corrected chi connectivity index (χ3v) is 3.51. The molecule has 1 N–H and O–H groups in total. The number of likely N-dealkylation sites (tertiary alicyclic amines) is 1. The molecule has 3 heteroatoms.